The quantitative estimate of drug-likeness (QED) is 0.835. The molecule has 2 amide bonds. The van der Waals surface area contributed by atoms with Gasteiger partial charge in [-0.05, 0) is 45.4 Å². The molecular weight excluding hydrogens is 232 g/mol. The molecule has 0 aromatic carbocycles. The monoisotopic (exact) mass is 254 g/mol. The Morgan fingerprint density at radius 1 is 1.44 bits per heavy atom. The SMILES string of the molecule is CC(C1CC1)N(C)C(=O)N1CCCC1(C)C(=O)O. The first-order valence-corrected chi connectivity index (χ1v) is 6.66. The minimum atomic E-state index is -1.03. The molecule has 0 aromatic heterocycles. The average Bonchev–Trinajstić information content (AvgIpc) is 3.10. The summed E-state index contributed by atoms with van der Waals surface area (Å²) in [6.07, 6.45) is 3.66. The molecule has 18 heavy (non-hydrogen) atoms. The lowest BCUT2D eigenvalue weighted by atomic mass is 9.99. The van der Waals surface area contributed by atoms with E-state index in [4.69, 9.17) is 0 Å². The Hall–Kier alpha value is -1.26. The van der Waals surface area contributed by atoms with Gasteiger partial charge in [-0.3, -0.25) is 0 Å². The third kappa shape index (κ3) is 2.06. The largest absolute Gasteiger partial charge is 0.480 e. The third-order valence-corrected chi connectivity index (χ3v) is 4.55. The normalized spacial score (nSPS) is 29.2. The Morgan fingerprint density at radius 3 is 2.56 bits per heavy atom. The van der Waals surface area contributed by atoms with Crippen molar-refractivity contribution >= 4 is 12.0 Å². The molecule has 0 bridgehead atoms. The number of likely N-dealkylation sites (tertiary alicyclic amines) is 1. The molecule has 2 atom stereocenters. The average molecular weight is 254 g/mol. The summed E-state index contributed by atoms with van der Waals surface area (Å²) in [6, 6.07) is 0.0629. The number of hydrogen-bond acceptors (Lipinski definition) is 2. The molecule has 1 N–H and O–H groups in total. The van der Waals surface area contributed by atoms with Crippen molar-refractivity contribution in [1.82, 2.24) is 9.80 Å². The lowest BCUT2D eigenvalue weighted by molar-refractivity contribution is -0.147. The first-order chi connectivity index (χ1) is 8.38. The fraction of sp³-hybridized carbons (Fsp3) is 0.846. The Balaban J connectivity index is 2.10. The first kappa shape index (κ1) is 13.2. The first-order valence-electron chi connectivity index (χ1n) is 6.66. The van der Waals surface area contributed by atoms with E-state index in [9.17, 15) is 14.7 Å². The number of carboxylic acids is 1. The fourth-order valence-electron chi connectivity index (χ4n) is 2.75. The number of urea groups is 1. The molecule has 1 aliphatic heterocycles. The lowest BCUT2D eigenvalue weighted by Crippen LogP contribution is -2.56. The van der Waals surface area contributed by atoms with E-state index in [1.807, 2.05) is 6.92 Å². The van der Waals surface area contributed by atoms with Crippen LogP contribution in [-0.4, -0.2) is 52.1 Å². The van der Waals surface area contributed by atoms with Gasteiger partial charge in [0.2, 0.25) is 0 Å². The Labute approximate surface area is 108 Å². The van der Waals surface area contributed by atoms with E-state index in [0.29, 0.717) is 18.9 Å². The van der Waals surface area contributed by atoms with Crippen molar-refractivity contribution in [2.45, 2.75) is 51.1 Å². The second-order valence-corrected chi connectivity index (χ2v) is 5.81. The molecular formula is C13H22N2O3. The molecule has 2 unspecified atom stereocenters. The van der Waals surface area contributed by atoms with Crippen molar-refractivity contribution in [2.24, 2.45) is 5.92 Å². The zero-order valence-corrected chi connectivity index (χ0v) is 11.3. The van der Waals surface area contributed by atoms with Crippen LogP contribution in [-0.2, 0) is 4.79 Å². The van der Waals surface area contributed by atoms with Crippen LogP contribution in [0.15, 0.2) is 0 Å². The van der Waals surface area contributed by atoms with Crippen molar-refractivity contribution in [3.63, 3.8) is 0 Å². The predicted octanol–water partition coefficient (Wildman–Crippen LogP) is 1.78. The number of rotatable bonds is 3. The van der Waals surface area contributed by atoms with Gasteiger partial charge in [0, 0.05) is 19.6 Å². The summed E-state index contributed by atoms with van der Waals surface area (Å²) in [5.74, 6) is -0.307. The van der Waals surface area contributed by atoms with E-state index >= 15 is 0 Å². The summed E-state index contributed by atoms with van der Waals surface area (Å²) >= 11 is 0. The predicted molar refractivity (Wildman–Crippen MR) is 67.3 cm³/mol. The van der Waals surface area contributed by atoms with Gasteiger partial charge in [-0.2, -0.15) is 0 Å². The fourth-order valence-corrected chi connectivity index (χ4v) is 2.75. The highest BCUT2D eigenvalue weighted by Crippen LogP contribution is 2.36. The number of carbonyl (C=O) groups is 2. The van der Waals surface area contributed by atoms with Gasteiger partial charge in [-0.15, -0.1) is 0 Å². The van der Waals surface area contributed by atoms with E-state index in [1.165, 1.54) is 17.7 Å². The molecule has 0 aromatic rings. The van der Waals surface area contributed by atoms with Gasteiger partial charge in [0.25, 0.3) is 0 Å². The van der Waals surface area contributed by atoms with E-state index in [1.54, 1.807) is 18.9 Å². The second-order valence-electron chi connectivity index (χ2n) is 5.81. The number of carboxylic acid groups (broad SMARTS) is 1. The van der Waals surface area contributed by atoms with Gasteiger partial charge in [0.1, 0.15) is 5.54 Å². The van der Waals surface area contributed by atoms with Gasteiger partial charge < -0.3 is 14.9 Å². The number of carbonyl (C=O) groups excluding carboxylic acids is 1. The number of nitrogens with zero attached hydrogens (tertiary/aromatic N) is 2. The number of hydrogen-bond donors (Lipinski definition) is 1. The van der Waals surface area contributed by atoms with Crippen molar-refractivity contribution in [3.05, 3.63) is 0 Å². The van der Waals surface area contributed by atoms with E-state index in [-0.39, 0.29) is 12.1 Å². The zero-order valence-electron chi connectivity index (χ0n) is 11.3. The van der Waals surface area contributed by atoms with E-state index in [2.05, 4.69) is 0 Å². The minimum Gasteiger partial charge on any atom is -0.480 e. The van der Waals surface area contributed by atoms with Gasteiger partial charge >= 0.3 is 12.0 Å². The zero-order chi connectivity index (χ0) is 13.5. The van der Waals surface area contributed by atoms with Gasteiger partial charge in [0.05, 0.1) is 0 Å². The van der Waals surface area contributed by atoms with Crippen LogP contribution in [0.25, 0.3) is 0 Å². The van der Waals surface area contributed by atoms with Gasteiger partial charge in [-0.1, -0.05) is 0 Å². The maximum absolute atomic E-state index is 12.4. The van der Waals surface area contributed by atoms with Crippen LogP contribution in [0.5, 0.6) is 0 Å². The summed E-state index contributed by atoms with van der Waals surface area (Å²) in [5.41, 5.74) is -1.03. The van der Waals surface area contributed by atoms with E-state index in [0.717, 1.165) is 6.42 Å². The molecule has 0 radical (unpaired) electrons. The molecule has 0 spiro atoms. The van der Waals surface area contributed by atoms with Crippen LogP contribution < -0.4 is 0 Å². The highest BCUT2D eigenvalue weighted by Gasteiger charge is 2.47. The Morgan fingerprint density at radius 2 is 2.06 bits per heavy atom. The highest BCUT2D eigenvalue weighted by atomic mass is 16.4. The summed E-state index contributed by atoms with van der Waals surface area (Å²) < 4.78 is 0. The summed E-state index contributed by atoms with van der Waals surface area (Å²) in [5, 5.41) is 9.32. The molecule has 102 valence electrons. The topological polar surface area (TPSA) is 60.9 Å². The lowest BCUT2D eigenvalue weighted by Gasteiger charge is -2.36. The van der Waals surface area contributed by atoms with Gasteiger partial charge in [-0.25, -0.2) is 9.59 Å². The maximum Gasteiger partial charge on any atom is 0.329 e. The van der Waals surface area contributed by atoms with Gasteiger partial charge in [0.15, 0.2) is 0 Å². The smallest absolute Gasteiger partial charge is 0.329 e. The standard InChI is InChI=1S/C13H22N2O3/c1-9(10-5-6-10)14(3)12(18)15-8-4-7-13(15,2)11(16)17/h9-10H,4-8H2,1-3H3,(H,16,17). The molecule has 1 saturated carbocycles. The second kappa shape index (κ2) is 4.44. The molecule has 1 aliphatic carbocycles. The maximum atomic E-state index is 12.4. The van der Waals surface area contributed by atoms with Crippen LogP contribution in [0, 0.1) is 5.92 Å². The summed E-state index contributed by atoms with van der Waals surface area (Å²) in [6.45, 7) is 4.24. The third-order valence-electron chi connectivity index (χ3n) is 4.55. The van der Waals surface area contributed by atoms with Crippen LogP contribution in [0.3, 0.4) is 0 Å². The highest BCUT2D eigenvalue weighted by molar-refractivity contribution is 5.86. The molecule has 1 saturated heterocycles. The van der Waals surface area contributed by atoms with Crippen molar-refractivity contribution in [3.8, 4) is 0 Å². The Bertz CT molecular complexity index is 367. The molecule has 5 heteroatoms. The molecule has 2 rings (SSSR count). The Kier molecular flexibility index (Phi) is 3.25. The van der Waals surface area contributed by atoms with Crippen molar-refractivity contribution in [2.75, 3.05) is 13.6 Å². The minimum absolute atomic E-state index is 0.142. The number of amides is 2. The molecule has 2 aliphatic rings. The molecule has 1 heterocycles. The summed E-state index contributed by atoms with van der Waals surface area (Å²) in [4.78, 5) is 27.0. The van der Waals surface area contributed by atoms with Crippen LogP contribution >= 0.6 is 0 Å². The van der Waals surface area contributed by atoms with Crippen molar-refractivity contribution < 1.29 is 14.7 Å². The number of aliphatic carboxylic acids is 1. The van der Waals surface area contributed by atoms with E-state index < -0.39 is 11.5 Å². The van der Waals surface area contributed by atoms with Crippen LogP contribution in [0.2, 0.25) is 0 Å². The molecule has 2 fully saturated rings. The summed E-state index contributed by atoms with van der Waals surface area (Å²) in [7, 11) is 1.78. The molecule has 5 nitrogen and oxygen atoms in total. The van der Waals surface area contributed by atoms with Crippen LogP contribution in [0.1, 0.15) is 39.5 Å². The van der Waals surface area contributed by atoms with Crippen molar-refractivity contribution in [1.29, 1.82) is 0 Å². The van der Waals surface area contributed by atoms with Crippen LogP contribution in [0.4, 0.5) is 4.79 Å².